The summed E-state index contributed by atoms with van der Waals surface area (Å²) >= 11 is 0. The van der Waals surface area contributed by atoms with E-state index in [2.05, 4.69) is 9.72 Å². The van der Waals surface area contributed by atoms with Crippen molar-refractivity contribution in [3.63, 3.8) is 0 Å². The number of alkyl halides is 3. The van der Waals surface area contributed by atoms with E-state index in [0.29, 0.717) is 0 Å². The number of hydrogen-bond donors (Lipinski definition) is 1. The molecule has 7 heteroatoms. The van der Waals surface area contributed by atoms with Gasteiger partial charge in [-0.2, -0.15) is 4.39 Å². The van der Waals surface area contributed by atoms with Gasteiger partial charge in [0.2, 0.25) is 0 Å². The van der Waals surface area contributed by atoms with E-state index in [1.165, 1.54) is 0 Å². The molecule has 1 rings (SSSR count). The van der Waals surface area contributed by atoms with Crippen molar-refractivity contribution >= 4 is 0 Å². The maximum atomic E-state index is 12.7. The first-order chi connectivity index (χ1) is 6.42. The van der Waals surface area contributed by atoms with Crippen LogP contribution in [0.25, 0.3) is 0 Å². The summed E-state index contributed by atoms with van der Waals surface area (Å²) in [6.45, 7) is -0.0402. The molecule has 0 saturated carbocycles. The predicted octanol–water partition coefficient (Wildman–Crippen LogP) is 1.58. The van der Waals surface area contributed by atoms with Gasteiger partial charge in [0, 0.05) is 12.7 Å². The maximum absolute atomic E-state index is 12.7. The lowest BCUT2D eigenvalue weighted by atomic mass is 10.3. The highest BCUT2D eigenvalue weighted by Gasteiger charge is 2.32. The molecule has 0 spiro atoms. The average Bonchev–Trinajstić information content (AvgIpc) is 2.06. The Hall–Kier alpha value is -1.37. The zero-order chi connectivity index (χ0) is 10.8. The lowest BCUT2D eigenvalue weighted by Crippen LogP contribution is -2.18. The van der Waals surface area contributed by atoms with Crippen molar-refractivity contribution in [1.82, 2.24) is 4.98 Å². The molecule has 0 atom stereocenters. The molecule has 0 radical (unpaired) electrons. The Bertz CT molecular complexity index is 326. The molecule has 0 unspecified atom stereocenters. The lowest BCUT2D eigenvalue weighted by molar-refractivity contribution is -0.275. The van der Waals surface area contributed by atoms with Crippen LogP contribution in [0, 0.1) is 5.95 Å². The summed E-state index contributed by atoms with van der Waals surface area (Å²) in [6.07, 6.45) is -3.89. The summed E-state index contributed by atoms with van der Waals surface area (Å²) in [5.74, 6) is -2.29. The van der Waals surface area contributed by atoms with Crippen LogP contribution in [0.2, 0.25) is 0 Å². The monoisotopic (exact) mass is 210 g/mol. The minimum absolute atomic E-state index is 0.0402. The topological polar surface area (TPSA) is 48.1 Å². The van der Waals surface area contributed by atoms with E-state index in [4.69, 9.17) is 5.73 Å². The number of nitrogens with two attached hydrogens (primary N) is 1. The number of aromatic nitrogens is 1. The third kappa shape index (κ3) is 2.84. The van der Waals surface area contributed by atoms with Crippen LogP contribution in [0.15, 0.2) is 12.3 Å². The van der Waals surface area contributed by atoms with Crippen molar-refractivity contribution in [2.75, 3.05) is 0 Å². The van der Waals surface area contributed by atoms with Gasteiger partial charge in [0.15, 0.2) is 5.75 Å². The second kappa shape index (κ2) is 3.79. The van der Waals surface area contributed by atoms with Crippen molar-refractivity contribution in [1.29, 1.82) is 0 Å². The van der Waals surface area contributed by atoms with Gasteiger partial charge in [0.1, 0.15) is 0 Å². The first kappa shape index (κ1) is 10.7. The van der Waals surface area contributed by atoms with Crippen molar-refractivity contribution in [2.24, 2.45) is 5.73 Å². The molecule has 0 aromatic carbocycles. The molecule has 3 nitrogen and oxygen atoms in total. The summed E-state index contributed by atoms with van der Waals surface area (Å²) in [6, 6.07) is 0.857. The molecule has 0 fully saturated rings. The highest BCUT2D eigenvalue weighted by atomic mass is 19.4. The van der Waals surface area contributed by atoms with Crippen LogP contribution in [-0.2, 0) is 6.54 Å². The fourth-order valence-corrected chi connectivity index (χ4v) is 0.776. The van der Waals surface area contributed by atoms with Crippen LogP contribution in [0.4, 0.5) is 17.6 Å². The van der Waals surface area contributed by atoms with Gasteiger partial charge >= 0.3 is 6.36 Å². The van der Waals surface area contributed by atoms with E-state index in [-0.39, 0.29) is 12.1 Å². The Balaban J connectivity index is 2.95. The average molecular weight is 210 g/mol. The number of halogens is 4. The zero-order valence-electron chi connectivity index (χ0n) is 6.81. The lowest BCUT2D eigenvalue weighted by Gasteiger charge is -2.09. The number of pyridine rings is 1. The smallest absolute Gasteiger partial charge is 0.401 e. The molecule has 14 heavy (non-hydrogen) atoms. The number of ether oxygens (including phenoxy) is 1. The molecule has 0 aliphatic carbocycles. The highest BCUT2D eigenvalue weighted by molar-refractivity contribution is 5.25. The maximum Gasteiger partial charge on any atom is 0.573 e. The van der Waals surface area contributed by atoms with Crippen LogP contribution in [0.3, 0.4) is 0 Å². The van der Waals surface area contributed by atoms with Crippen molar-refractivity contribution in [3.05, 3.63) is 23.8 Å². The molecule has 78 valence electrons. The highest BCUT2D eigenvalue weighted by Crippen LogP contribution is 2.24. The summed E-state index contributed by atoms with van der Waals surface area (Å²) in [7, 11) is 0. The van der Waals surface area contributed by atoms with E-state index in [1.54, 1.807) is 0 Å². The Morgan fingerprint density at radius 2 is 2.07 bits per heavy atom. The largest absolute Gasteiger partial charge is 0.573 e. The van der Waals surface area contributed by atoms with Crippen molar-refractivity contribution in [3.8, 4) is 5.75 Å². The summed E-state index contributed by atoms with van der Waals surface area (Å²) < 4.78 is 51.2. The number of nitrogens with zero attached hydrogens (tertiary/aromatic N) is 1. The molecule has 0 amide bonds. The Kier molecular flexibility index (Phi) is 2.90. The van der Waals surface area contributed by atoms with Crippen LogP contribution < -0.4 is 10.5 Å². The van der Waals surface area contributed by atoms with E-state index in [9.17, 15) is 17.6 Å². The SMILES string of the molecule is NCc1cnc(F)c(OC(F)(F)F)c1. The van der Waals surface area contributed by atoms with E-state index in [0.717, 1.165) is 12.3 Å². The fraction of sp³-hybridized carbons (Fsp3) is 0.286. The van der Waals surface area contributed by atoms with Crippen molar-refractivity contribution < 1.29 is 22.3 Å². The molecule has 1 aromatic rings. The van der Waals surface area contributed by atoms with Gasteiger partial charge in [-0.25, -0.2) is 4.98 Å². The van der Waals surface area contributed by atoms with E-state index >= 15 is 0 Å². The Morgan fingerprint density at radius 1 is 1.43 bits per heavy atom. The van der Waals surface area contributed by atoms with Gasteiger partial charge in [0.25, 0.3) is 5.95 Å². The molecule has 0 aliphatic heterocycles. The van der Waals surface area contributed by atoms with Gasteiger partial charge in [-0.15, -0.1) is 13.2 Å². The van der Waals surface area contributed by atoms with Crippen LogP contribution in [0.5, 0.6) is 5.75 Å². The summed E-state index contributed by atoms with van der Waals surface area (Å²) in [4.78, 5) is 3.06. The standard InChI is InChI=1S/C7H6F4N2O/c8-6-5(14-7(9,10)11)1-4(2-12)3-13-6/h1,3H,2,12H2. The molecule has 0 saturated heterocycles. The van der Waals surface area contributed by atoms with Crippen LogP contribution in [0.1, 0.15) is 5.56 Å². The Morgan fingerprint density at radius 3 is 2.57 bits per heavy atom. The normalized spacial score (nSPS) is 11.5. The number of rotatable bonds is 2. The van der Waals surface area contributed by atoms with E-state index in [1.807, 2.05) is 0 Å². The van der Waals surface area contributed by atoms with Crippen LogP contribution in [-0.4, -0.2) is 11.3 Å². The number of hydrogen-bond acceptors (Lipinski definition) is 3. The van der Waals surface area contributed by atoms with Gasteiger partial charge in [-0.3, -0.25) is 0 Å². The van der Waals surface area contributed by atoms with E-state index < -0.39 is 18.1 Å². The fourth-order valence-electron chi connectivity index (χ4n) is 0.776. The first-order valence-electron chi connectivity index (χ1n) is 3.52. The van der Waals surface area contributed by atoms with Gasteiger partial charge < -0.3 is 10.5 Å². The van der Waals surface area contributed by atoms with Crippen molar-refractivity contribution in [2.45, 2.75) is 12.9 Å². The molecule has 0 bridgehead atoms. The third-order valence-electron chi connectivity index (χ3n) is 1.32. The summed E-state index contributed by atoms with van der Waals surface area (Å²) in [5.41, 5.74) is 5.39. The second-order valence-corrected chi connectivity index (χ2v) is 2.38. The molecule has 1 aromatic heterocycles. The Labute approximate surface area is 76.5 Å². The second-order valence-electron chi connectivity index (χ2n) is 2.38. The first-order valence-corrected chi connectivity index (χ1v) is 3.52. The van der Waals surface area contributed by atoms with Crippen LogP contribution >= 0.6 is 0 Å². The minimum atomic E-state index is -4.93. The van der Waals surface area contributed by atoms with Gasteiger partial charge in [-0.1, -0.05) is 0 Å². The molecule has 2 N–H and O–H groups in total. The molecule has 0 aliphatic rings. The quantitative estimate of drug-likeness (QED) is 0.595. The minimum Gasteiger partial charge on any atom is -0.401 e. The third-order valence-corrected chi connectivity index (χ3v) is 1.32. The zero-order valence-corrected chi connectivity index (χ0v) is 6.81. The molecular weight excluding hydrogens is 204 g/mol. The molecular formula is C7H6F4N2O. The molecule has 1 heterocycles. The van der Waals surface area contributed by atoms with Gasteiger partial charge in [-0.05, 0) is 11.6 Å². The predicted molar refractivity (Wildman–Crippen MR) is 38.8 cm³/mol. The van der Waals surface area contributed by atoms with Gasteiger partial charge in [0.05, 0.1) is 0 Å². The summed E-state index contributed by atoms with van der Waals surface area (Å²) in [5, 5.41) is 0.